The fourth-order valence-electron chi connectivity index (χ4n) is 2.96. The number of rotatable bonds is 10. The van der Waals surface area contributed by atoms with Gasteiger partial charge in [0.2, 0.25) is 0 Å². The topological polar surface area (TPSA) is 81.8 Å². The van der Waals surface area contributed by atoms with Crippen molar-refractivity contribution in [3.63, 3.8) is 0 Å². The number of aromatic nitrogens is 1. The van der Waals surface area contributed by atoms with Crippen LogP contribution in [-0.2, 0) is 33.5 Å². The van der Waals surface area contributed by atoms with E-state index in [1.165, 1.54) is 5.56 Å². The van der Waals surface area contributed by atoms with Gasteiger partial charge in [0, 0.05) is 23.9 Å². The molecule has 0 bridgehead atoms. The lowest BCUT2D eigenvalue weighted by atomic mass is 10.0. The highest BCUT2D eigenvalue weighted by Crippen LogP contribution is 2.23. The summed E-state index contributed by atoms with van der Waals surface area (Å²) in [6.07, 6.45) is 0.885. The van der Waals surface area contributed by atoms with Crippen molar-refractivity contribution in [2.75, 3.05) is 20.3 Å². The molecule has 0 amide bonds. The first-order valence-electron chi connectivity index (χ1n) is 9.02. The quantitative estimate of drug-likeness (QED) is 0.516. The Morgan fingerprint density at radius 2 is 1.89 bits per heavy atom. The lowest BCUT2D eigenvalue weighted by molar-refractivity contribution is -0.151. The molecule has 1 heterocycles. The molecule has 0 aliphatic carbocycles. The van der Waals surface area contributed by atoms with E-state index >= 15 is 0 Å². The molecule has 1 unspecified atom stereocenters. The van der Waals surface area contributed by atoms with Crippen molar-refractivity contribution in [3.05, 3.63) is 64.3 Å². The van der Waals surface area contributed by atoms with Crippen molar-refractivity contribution < 1.29 is 23.9 Å². The fraction of sp³-hybridized carbons (Fsp3) is 0.333. The summed E-state index contributed by atoms with van der Waals surface area (Å²) in [4.78, 5) is 11.4. The van der Waals surface area contributed by atoms with E-state index in [1.54, 1.807) is 7.11 Å². The Labute approximate surface area is 168 Å². The van der Waals surface area contributed by atoms with Gasteiger partial charge in [0.1, 0.15) is 0 Å². The number of benzene rings is 2. The molecule has 3 aromatic rings. The monoisotopic (exact) mass is 403 g/mol. The van der Waals surface area contributed by atoms with E-state index in [4.69, 9.17) is 25.6 Å². The smallest absolute Gasteiger partial charge is 0.333 e. The summed E-state index contributed by atoms with van der Waals surface area (Å²) in [6.45, 7) is 0.578. The molecule has 0 spiro atoms. The molecule has 1 atom stereocenters. The number of nitrogens with zero attached hydrogens (tertiary/aromatic N) is 1. The molecule has 0 aliphatic heterocycles. The fourth-order valence-corrected chi connectivity index (χ4v) is 3.09. The van der Waals surface area contributed by atoms with Crippen LogP contribution in [0.3, 0.4) is 0 Å². The van der Waals surface area contributed by atoms with Gasteiger partial charge in [0.15, 0.2) is 11.7 Å². The van der Waals surface area contributed by atoms with Gasteiger partial charge >= 0.3 is 5.97 Å². The minimum atomic E-state index is -1.00. The molecule has 0 saturated carbocycles. The number of carboxylic acids is 1. The highest BCUT2D eigenvalue weighted by atomic mass is 35.5. The van der Waals surface area contributed by atoms with Gasteiger partial charge in [-0.3, -0.25) is 0 Å². The van der Waals surface area contributed by atoms with Crippen molar-refractivity contribution in [1.29, 1.82) is 0 Å². The summed E-state index contributed by atoms with van der Waals surface area (Å²) < 4.78 is 15.7. The predicted octanol–water partition coefficient (Wildman–Crippen LogP) is 3.93. The van der Waals surface area contributed by atoms with Crippen LogP contribution >= 0.6 is 11.6 Å². The third-order valence-electron chi connectivity index (χ3n) is 4.48. The van der Waals surface area contributed by atoms with E-state index in [0.717, 1.165) is 29.5 Å². The predicted molar refractivity (Wildman–Crippen MR) is 106 cm³/mol. The first-order valence-corrected chi connectivity index (χ1v) is 9.39. The van der Waals surface area contributed by atoms with Gasteiger partial charge in [-0.1, -0.05) is 35.0 Å². The Balaban J connectivity index is 1.67. The Morgan fingerprint density at radius 3 is 2.61 bits per heavy atom. The van der Waals surface area contributed by atoms with Gasteiger partial charge in [0.05, 0.1) is 18.9 Å². The third-order valence-corrected chi connectivity index (χ3v) is 4.73. The van der Waals surface area contributed by atoms with Crippen LogP contribution < -0.4 is 0 Å². The van der Waals surface area contributed by atoms with Crippen molar-refractivity contribution in [1.82, 2.24) is 5.16 Å². The first kappa shape index (κ1) is 20.3. The van der Waals surface area contributed by atoms with Crippen molar-refractivity contribution >= 4 is 28.5 Å². The molecule has 0 aliphatic rings. The van der Waals surface area contributed by atoms with E-state index in [0.29, 0.717) is 17.2 Å². The van der Waals surface area contributed by atoms with Gasteiger partial charge in [-0.25, -0.2) is 4.79 Å². The number of hydrogen-bond donors (Lipinski definition) is 1. The Morgan fingerprint density at radius 1 is 1.14 bits per heavy atom. The molecule has 0 fully saturated rings. The summed E-state index contributed by atoms with van der Waals surface area (Å²) in [5.41, 5.74) is 3.51. The SMILES string of the molecule is COCCOC(Cc1ccc2c(CCc3ccc(Cl)cc3)noc2c1)C(=O)O. The van der Waals surface area contributed by atoms with Gasteiger partial charge in [0.25, 0.3) is 0 Å². The largest absolute Gasteiger partial charge is 0.479 e. The number of methoxy groups -OCH3 is 1. The minimum absolute atomic E-state index is 0.229. The van der Waals surface area contributed by atoms with Crippen molar-refractivity contribution in [2.45, 2.75) is 25.4 Å². The van der Waals surface area contributed by atoms with E-state index in [2.05, 4.69) is 5.16 Å². The number of ether oxygens (including phenoxy) is 2. The molecule has 28 heavy (non-hydrogen) atoms. The van der Waals surface area contributed by atoms with Gasteiger partial charge in [-0.05, 0) is 48.2 Å². The van der Waals surface area contributed by atoms with Crippen LogP contribution in [0.25, 0.3) is 11.0 Å². The molecule has 148 valence electrons. The van der Waals surface area contributed by atoms with Crippen LogP contribution in [0.4, 0.5) is 0 Å². The molecule has 7 heteroatoms. The number of carbonyl (C=O) groups is 1. The standard InChI is InChI=1S/C21H22ClNO5/c1-26-10-11-27-20(21(24)25)13-15-4-8-17-18(23-28-19(17)12-15)9-5-14-2-6-16(22)7-3-14/h2-4,6-8,12,20H,5,9-11,13H2,1H3,(H,24,25). The molecule has 3 rings (SSSR count). The van der Waals surface area contributed by atoms with E-state index in [9.17, 15) is 9.90 Å². The Bertz CT molecular complexity index is 922. The highest BCUT2D eigenvalue weighted by molar-refractivity contribution is 6.30. The normalized spacial score (nSPS) is 12.4. The van der Waals surface area contributed by atoms with Crippen LogP contribution in [0.2, 0.25) is 5.02 Å². The third kappa shape index (κ3) is 5.32. The van der Waals surface area contributed by atoms with Crippen LogP contribution in [-0.4, -0.2) is 42.7 Å². The Hall–Kier alpha value is -2.41. The zero-order chi connectivity index (χ0) is 19.9. The first-order chi connectivity index (χ1) is 13.6. The van der Waals surface area contributed by atoms with Crippen LogP contribution in [0.15, 0.2) is 47.0 Å². The van der Waals surface area contributed by atoms with E-state index in [1.807, 2.05) is 42.5 Å². The lowest BCUT2D eigenvalue weighted by Gasteiger charge is -2.13. The zero-order valence-corrected chi connectivity index (χ0v) is 16.3. The van der Waals surface area contributed by atoms with Gasteiger partial charge < -0.3 is 19.1 Å². The summed E-state index contributed by atoms with van der Waals surface area (Å²) in [7, 11) is 1.54. The van der Waals surface area contributed by atoms with Crippen LogP contribution in [0.5, 0.6) is 0 Å². The van der Waals surface area contributed by atoms with E-state index < -0.39 is 12.1 Å². The van der Waals surface area contributed by atoms with Crippen molar-refractivity contribution in [3.8, 4) is 0 Å². The molecule has 0 saturated heterocycles. The maximum absolute atomic E-state index is 11.4. The number of aryl methyl sites for hydroxylation is 2. The summed E-state index contributed by atoms with van der Waals surface area (Å²) in [5, 5.41) is 15.2. The second-order valence-corrected chi connectivity index (χ2v) is 6.92. The van der Waals surface area contributed by atoms with Crippen LogP contribution in [0, 0.1) is 0 Å². The molecular formula is C21H22ClNO5. The Kier molecular flexibility index (Phi) is 7.03. The minimum Gasteiger partial charge on any atom is -0.479 e. The number of carboxylic acid groups (broad SMARTS) is 1. The number of halogens is 1. The second-order valence-electron chi connectivity index (χ2n) is 6.48. The maximum atomic E-state index is 11.4. The van der Waals surface area contributed by atoms with Crippen LogP contribution in [0.1, 0.15) is 16.8 Å². The molecule has 1 aromatic heterocycles. The van der Waals surface area contributed by atoms with Gasteiger partial charge in [-0.15, -0.1) is 0 Å². The molecular weight excluding hydrogens is 382 g/mol. The maximum Gasteiger partial charge on any atom is 0.333 e. The molecule has 2 aromatic carbocycles. The highest BCUT2D eigenvalue weighted by Gasteiger charge is 2.19. The number of hydrogen-bond acceptors (Lipinski definition) is 5. The molecule has 1 N–H and O–H groups in total. The van der Waals surface area contributed by atoms with Crippen molar-refractivity contribution in [2.24, 2.45) is 0 Å². The molecule has 6 nitrogen and oxygen atoms in total. The summed E-state index contributed by atoms with van der Waals surface area (Å²) >= 11 is 5.92. The summed E-state index contributed by atoms with van der Waals surface area (Å²) in [6, 6.07) is 13.4. The van der Waals surface area contributed by atoms with Gasteiger partial charge in [-0.2, -0.15) is 0 Å². The van der Waals surface area contributed by atoms with E-state index in [-0.39, 0.29) is 13.0 Å². The average molecular weight is 404 g/mol. The second kappa shape index (κ2) is 9.68. The average Bonchev–Trinajstić information content (AvgIpc) is 3.09. The lowest BCUT2D eigenvalue weighted by Crippen LogP contribution is -2.27. The molecule has 0 radical (unpaired) electrons. The summed E-state index contributed by atoms with van der Waals surface area (Å²) in [5.74, 6) is -1.00. The number of aliphatic carboxylic acids is 1. The number of fused-ring (bicyclic) bond motifs is 1. The zero-order valence-electron chi connectivity index (χ0n) is 15.6.